The summed E-state index contributed by atoms with van der Waals surface area (Å²) in [6, 6.07) is 0. The Kier molecular flexibility index (Phi) is 7.80. The Balaban J connectivity index is 2.23. The quantitative estimate of drug-likeness (QED) is 0.356. The summed E-state index contributed by atoms with van der Waals surface area (Å²) in [5.74, 6) is 1.67. The van der Waals surface area contributed by atoms with Crippen LogP contribution in [0.1, 0.15) is 91.9 Å². The van der Waals surface area contributed by atoms with Gasteiger partial charge in [-0.3, -0.25) is 0 Å². The first-order valence-electron chi connectivity index (χ1n) is 8.59. The number of alkyl halides is 1. The Morgan fingerprint density at radius 1 is 0.947 bits per heavy atom. The van der Waals surface area contributed by atoms with Crippen molar-refractivity contribution >= 4 is 11.6 Å². The first kappa shape index (κ1) is 17.3. The maximum atomic E-state index is 6.56. The lowest BCUT2D eigenvalue weighted by Gasteiger charge is -2.40. The number of halogens is 1. The van der Waals surface area contributed by atoms with Crippen molar-refractivity contribution in [3.05, 3.63) is 0 Å². The van der Waals surface area contributed by atoms with Gasteiger partial charge in [0.2, 0.25) is 0 Å². The third kappa shape index (κ3) is 6.52. The highest BCUT2D eigenvalue weighted by atomic mass is 35.5. The van der Waals surface area contributed by atoms with Crippen molar-refractivity contribution in [3.63, 3.8) is 0 Å². The van der Waals surface area contributed by atoms with Gasteiger partial charge < -0.3 is 0 Å². The van der Waals surface area contributed by atoms with Crippen LogP contribution in [0, 0.1) is 17.3 Å². The molecule has 1 fully saturated rings. The van der Waals surface area contributed by atoms with Crippen LogP contribution in [-0.2, 0) is 0 Å². The summed E-state index contributed by atoms with van der Waals surface area (Å²) >= 11 is 6.56. The van der Waals surface area contributed by atoms with Crippen molar-refractivity contribution in [2.45, 2.75) is 97.3 Å². The van der Waals surface area contributed by atoms with E-state index in [4.69, 9.17) is 11.6 Å². The fourth-order valence-electron chi connectivity index (χ4n) is 3.50. The molecule has 0 saturated heterocycles. The highest BCUT2D eigenvalue weighted by molar-refractivity contribution is 6.20. The van der Waals surface area contributed by atoms with E-state index in [1.807, 2.05) is 0 Å². The molecule has 1 rings (SSSR count). The second-order valence-electron chi connectivity index (χ2n) is 7.71. The highest BCUT2D eigenvalue weighted by Crippen LogP contribution is 2.43. The lowest BCUT2D eigenvalue weighted by atomic mass is 9.68. The van der Waals surface area contributed by atoms with Crippen LogP contribution >= 0.6 is 11.6 Å². The standard InChI is InChI=1S/C18H35Cl/c1-5-6-7-8-9-10-11-15-14-16(18(2,3)4)12-13-17(15)19/h15-17H,5-14H2,1-4H3. The zero-order valence-electron chi connectivity index (χ0n) is 13.7. The van der Waals surface area contributed by atoms with Crippen molar-refractivity contribution in [1.29, 1.82) is 0 Å². The monoisotopic (exact) mass is 286 g/mol. The molecule has 1 aliphatic rings. The van der Waals surface area contributed by atoms with Crippen LogP contribution in [0.25, 0.3) is 0 Å². The van der Waals surface area contributed by atoms with Crippen LogP contribution in [-0.4, -0.2) is 5.38 Å². The molecule has 0 bridgehead atoms. The summed E-state index contributed by atoms with van der Waals surface area (Å²) in [5.41, 5.74) is 0.469. The number of unbranched alkanes of at least 4 members (excludes halogenated alkanes) is 5. The van der Waals surface area contributed by atoms with Gasteiger partial charge in [0.1, 0.15) is 0 Å². The van der Waals surface area contributed by atoms with Crippen molar-refractivity contribution in [3.8, 4) is 0 Å². The van der Waals surface area contributed by atoms with Gasteiger partial charge in [-0.25, -0.2) is 0 Å². The average molecular weight is 287 g/mol. The maximum Gasteiger partial charge on any atom is 0.0364 e. The molecule has 0 aromatic carbocycles. The molecule has 0 aromatic rings. The third-order valence-corrected chi connectivity index (χ3v) is 5.62. The molecule has 114 valence electrons. The van der Waals surface area contributed by atoms with Gasteiger partial charge in [0.25, 0.3) is 0 Å². The van der Waals surface area contributed by atoms with Gasteiger partial charge in [-0.1, -0.05) is 66.2 Å². The first-order chi connectivity index (χ1) is 8.95. The van der Waals surface area contributed by atoms with Gasteiger partial charge >= 0.3 is 0 Å². The van der Waals surface area contributed by atoms with Crippen LogP contribution in [0.4, 0.5) is 0 Å². The Morgan fingerprint density at radius 2 is 1.58 bits per heavy atom. The van der Waals surface area contributed by atoms with Crippen LogP contribution in [0.2, 0.25) is 0 Å². The second-order valence-corrected chi connectivity index (χ2v) is 8.27. The molecule has 1 aliphatic carbocycles. The largest absolute Gasteiger partial charge is 0.123 e. The minimum Gasteiger partial charge on any atom is -0.123 e. The number of hydrogen-bond acceptors (Lipinski definition) is 0. The van der Waals surface area contributed by atoms with Gasteiger partial charge in [-0.05, 0) is 42.9 Å². The molecule has 0 nitrogen and oxygen atoms in total. The summed E-state index contributed by atoms with van der Waals surface area (Å²) in [7, 11) is 0. The van der Waals surface area contributed by atoms with E-state index < -0.39 is 0 Å². The Morgan fingerprint density at radius 3 is 2.21 bits per heavy atom. The Bertz CT molecular complexity index is 228. The minimum absolute atomic E-state index is 0.453. The summed E-state index contributed by atoms with van der Waals surface area (Å²) in [4.78, 5) is 0. The summed E-state index contributed by atoms with van der Waals surface area (Å²) in [6.45, 7) is 9.48. The van der Waals surface area contributed by atoms with Crippen molar-refractivity contribution in [1.82, 2.24) is 0 Å². The van der Waals surface area contributed by atoms with Gasteiger partial charge in [-0.2, -0.15) is 0 Å². The van der Waals surface area contributed by atoms with Gasteiger partial charge in [-0.15, -0.1) is 11.6 Å². The molecule has 19 heavy (non-hydrogen) atoms. The molecule has 1 heteroatoms. The molecule has 1 saturated carbocycles. The SMILES string of the molecule is CCCCCCCCC1CC(C(C)(C)C)CCC1Cl. The predicted molar refractivity (Wildman–Crippen MR) is 87.9 cm³/mol. The van der Waals surface area contributed by atoms with Crippen LogP contribution in [0.5, 0.6) is 0 Å². The maximum absolute atomic E-state index is 6.56. The van der Waals surface area contributed by atoms with Crippen molar-refractivity contribution in [2.24, 2.45) is 17.3 Å². The summed E-state index contributed by atoms with van der Waals surface area (Å²) in [6.07, 6.45) is 13.7. The molecule has 0 radical (unpaired) electrons. The fourth-order valence-corrected chi connectivity index (χ4v) is 3.85. The number of rotatable bonds is 7. The molecule has 0 spiro atoms. The molecule has 0 aliphatic heterocycles. The van der Waals surface area contributed by atoms with Gasteiger partial charge in [0.05, 0.1) is 0 Å². The predicted octanol–water partition coefficient (Wildman–Crippen LogP) is 6.81. The van der Waals surface area contributed by atoms with E-state index in [1.165, 1.54) is 64.2 Å². The van der Waals surface area contributed by atoms with Gasteiger partial charge in [0.15, 0.2) is 0 Å². The molecule has 3 atom stereocenters. The third-order valence-electron chi connectivity index (χ3n) is 5.04. The zero-order valence-corrected chi connectivity index (χ0v) is 14.4. The van der Waals surface area contributed by atoms with E-state index in [1.54, 1.807) is 0 Å². The van der Waals surface area contributed by atoms with E-state index >= 15 is 0 Å². The Hall–Kier alpha value is 0.290. The van der Waals surface area contributed by atoms with Crippen molar-refractivity contribution < 1.29 is 0 Å². The first-order valence-corrected chi connectivity index (χ1v) is 9.03. The topological polar surface area (TPSA) is 0 Å². The Labute approximate surface area is 126 Å². The molecule has 0 heterocycles. The highest BCUT2D eigenvalue weighted by Gasteiger charge is 2.34. The lowest BCUT2D eigenvalue weighted by Crippen LogP contribution is -2.32. The number of hydrogen-bond donors (Lipinski definition) is 0. The van der Waals surface area contributed by atoms with E-state index in [-0.39, 0.29) is 0 Å². The van der Waals surface area contributed by atoms with Crippen LogP contribution in [0.3, 0.4) is 0 Å². The molecule has 0 N–H and O–H groups in total. The summed E-state index contributed by atoms with van der Waals surface area (Å²) in [5, 5.41) is 0.453. The normalized spacial score (nSPS) is 28.6. The van der Waals surface area contributed by atoms with Gasteiger partial charge in [0, 0.05) is 5.38 Å². The van der Waals surface area contributed by atoms with Crippen molar-refractivity contribution in [2.75, 3.05) is 0 Å². The smallest absolute Gasteiger partial charge is 0.0364 e. The molecular weight excluding hydrogens is 252 g/mol. The zero-order chi connectivity index (χ0) is 14.3. The molecule has 3 unspecified atom stereocenters. The van der Waals surface area contributed by atoms with Crippen LogP contribution < -0.4 is 0 Å². The van der Waals surface area contributed by atoms with Crippen LogP contribution in [0.15, 0.2) is 0 Å². The molecular formula is C18H35Cl. The van der Waals surface area contributed by atoms with E-state index in [9.17, 15) is 0 Å². The minimum atomic E-state index is 0.453. The summed E-state index contributed by atoms with van der Waals surface area (Å²) < 4.78 is 0. The second kappa shape index (κ2) is 8.55. The van der Waals surface area contributed by atoms with E-state index in [0.29, 0.717) is 10.8 Å². The average Bonchev–Trinajstić information content (AvgIpc) is 2.34. The lowest BCUT2D eigenvalue weighted by molar-refractivity contribution is 0.138. The fraction of sp³-hybridized carbons (Fsp3) is 1.00. The van der Waals surface area contributed by atoms with E-state index in [2.05, 4.69) is 27.7 Å². The molecule has 0 aromatic heterocycles. The molecule has 0 amide bonds. The van der Waals surface area contributed by atoms with E-state index in [0.717, 1.165) is 11.8 Å².